The van der Waals surface area contributed by atoms with Crippen molar-refractivity contribution in [2.24, 2.45) is 0 Å². The zero-order chi connectivity index (χ0) is 13.2. The second-order valence-electron chi connectivity index (χ2n) is 4.46. The highest BCUT2D eigenvalue weighted by atomic mass is 32.2. The molecule has 0 bridgehead atoms. The first-order valence-corrected chi connectivity index (χ1v) is 8.50. The van der Waals surface area contributed by atoms with Crippen molar-refractivity contribution >= 4 is 21.8 Å². The Labute approximate surface area is 112 Å². The molecule has 0 radical (unpaired) electrons. The maximum Gasteiger partial charge on any atom is 0.274 e. The first-order valence-electron chi connectivity index (χ1n) is 5.79. The smallest absolute Gasteiger partial charge is 0.274 e. The van der Waals surface area contributed by atoms with Gasteiger partial charge < -0.3 is 9.73 Å². The normalized spacial score (nSPS) is 17.9. The van der Waals surface area contributed by atoms with Crippen molar-refractivity contribution < 1.29 is 12.8 Å². The lowest BCUT2D eigenvalue weighted by Gasteiger charge is -2.12. The minimum absolute atomic E-state index is 0.00958. The summed E-state index contributed by atoms with van der Waals surface area (Å²) in [5.74, 6) is 0.615. The summed E-state index contributed by atoms with van der Waals surface area (Å²) in [6.07, 6.45) is 4.15. The largest absolute Gasteiger partial charge is 0.447 e. The third-order valence-corrected chi connectivity index (χ3v) is 5.77. The van der Waals surface area contributed by atoms with Crippen LogP contribution in [0.2, 0.25) is 0 Å². The van der Waals surface area contributed by atoms with Gasteiger partial charge in [-0.3, -0.25) is 0 Å². The van der Waals surface area contributed by atoms with E-state index in [9.17, 15) is 8.42 Å². The minimum atomic E-state index is -3.52. The fraction of sp³-hybridized carbons (Fsp3) is 0.636. The van der Waals surface area contributed by atoms with Gasteiger partial charge in [0.15, 0.2) is 0 Å². The Morgan fingerprint density at radius 2 is 2.17 bits per heavy atom. The van der Waals surface area contributed by atoms with Crippen LogP contribution in [0.1, 0.15) is 18.6 Å². The van der Waals surface area contributed by atoms with E-state index in [0.29, 0.717) is 18.8 Å². The molecule has 0 aliphatic heterocycles. The molecule has 102 valence electrons. The molecule has 1 saturated carbocycles. The SMILES string of the molecule is CNCc1ccc(S(=O)(=O)NCC2(SC)CC2)o1. The number of furan rings is 1. The molecule has 0 amide bonds. The maximum atomic E-state index is 12.0. The van der Waals surface area contributed by atoms with Crippen LogP contribution in [0, 0.1) is 0 Å². The van der Waals surface area contributed by atoms with Crippen LogP contribution in [0.5, 0.6) is 0 Å². The first kappa shape index (κ1) is 13.9. The summed E-state index contributed by atoms with van der Waals surface area (Å²) in [6.45, 7) is 0.989. The van der Waals surface area contributed by atoms with Crippen molar-refractivity contribution in [2.75, 3.05) is 19.8 Å². The van der Waals surface area contributed by atoms with Crippen LogP contribution in [0.3, 0.4) is 0 Å². The Kier molecular flexibility index (Phi) is 4.05. The summed E-state index contributed by atoms with van der Waals surface area (Å²) in [5, 5.41) is 2.90. The first-order chi connectivity index (χ1) is 8.51. The predicted molar refractivity (Wildman–Crippen MR) is 72.1 cm³/mol. The fourth-order valence-corrected chi connectivity index (χ4v) is 3.55. The Bertz CT molecular complexity index is 506. The summed E-state index contributed by atoms with van der Waals surface area (Å²) >= 11 is 1.72. The molecule has 1 aliphatic rings. The van der Waals surface area contributed by atoms with Crippen LogP contribution in [-0.4, -0.2) is 33.0 Å². The highest BCUT2D eigenvalue weighted by Crippen LogP contribution is 2.46. The van der Waals surface area contributed by atoms with Gasteiger partial charge in [0.2, 0.25) is 5.09 Å². The summed E-state index contributed by atoms with van der Waals surface area (Å²) in [4.78, 5) is 0. The second kappa shape index (κ2) is 5.24. The van der Waals surface area contributed by atoms with E-state index in [0.717, 1.165) is 12.8 Å². The Hall–Kier alpha value is -0.500. The third kappa shape index (κ3) is 3.09. The van der Waals surface area contributed by atoms with Crippen molar-refractivity contribution in [3.05, 3.63) is 17.9 Å². The zero-order valence-electron chi connectivity index (χ0n) is 10.5. The van der Waals surface area contributed by atoms with E-state index in [1.54, 1.807) is 24.9 Å². The zero-order valence-corrected chi connectivity index (χ0v) is 12.2. The van der Waals surface area contributed by atoms with Crippen molar-refractivity contribution in [1.29, 1.82) is 0 Å². The molecule has 0 spiro atoms. The molecule has 0 saturated heterocycles. The molecule has 1 aromatic rings. The van der Waals surface area contributed by atoms with Gasteiger partial charge >= 0.3 is 0 Å². The van der Waals surface area contributed by atoms with Gasteiger partial charge in [0, 0.05) is 11.3 Å². The van der Waals surface area contributed by atoms with E-state index >= 15 is 0 Å². The standard InChI is InChI=1S/C11H18N2O3S2/c1-12-7-9-3-4-10(16-9)18(14,15)13-8-11(17-2)5-6-11/h3-4,12-13H,5-8H2,1-2H3. The topological polar surface area (TPSA) is 71.3 Å². The Balaban J connectivity index is 2.01. The van der Waals surface area contributed by atoms with Gasteiger partial charge in [-0.25, -0.2) is 13.1 Å². The Morgan fingerprint density at radius 1 is 1.44 bits per heavy atom. The van der Waals surface area contributed by atoms with Crippen LogP contribution < -0.4 is 10.0 Å². The maximum absolute atomic E-state index is 12.0. The van der Waals surface area contributed by atoms with E-state index in [2.05, 4.69) is 10.0 Å². The van der Waals surface area contributed by atoms with Crippen LogP contribution in [0.4, 0.5) is 0 Å². The molecule has 18 heavy (non-hydrogen) atoms. The minimum Gasteiger partial charge on any atom is -0.447 e. The molecule has 1 aliphatic carbocycles. The van der Waals surface area contributed by atoms with E-state index in [4.69, 9.17) is 4.42 Å². The van der Waals surface area contributed by atoms with Gasteiger partial charge in [-0.1, -0.05) is 0 Å². The summed E-state index contributed by atoms with van der Waals surface area (Å²) in [6, 6.07) is 3.17. The molecule has 7 heteroatoms. The number of sulfonamides is 1. The highest BCUT2D eigenvalue weighted by Gasteiger charge is 2.42. The molecule has 2 rings (SSSR count). The van der Waals surface area contributed by atoms with Gasteiger partial charge in [-0.05, 0) is 38.3 Å². The summed E-state index contributed by atoms with van der Waals surface area (Å²) < 4.78 is 32.0. The molecule has 5 nitrogen and oxygen atoms in total. The van der Waals surface area contributed by atoms with Crippen molar-refractivity contribution in [2.45, 2.75) is 29.2 Å². The molecular weight excluding hydrogens is 272 g/mol. The summed E-state index contributed by atoms with van der Waals surface area (Å²) in [7, 11) is -1.74. The molecule has 0 unspecified atom stereocenters. The summed E-state index contributed by atoms with van der Waals surface area (Å²) in [5.41, 5.74) is 0. The van der Waals surface area contributed by atoms with Crippen LogP contribution in [-0.2, 0) is 16.6 Å². The Morgan fingerprint density at radius 3 is 2.72 bits per heavy atom. The number of hydrogen-bond acceptors (Lipinski definition) is 5. The average Bonchev–Trinajstić information content (AvgIpc) is 2.98. The monoisotopic (exact) mass is 290 g/mol. The van der Waals surface area contributed by atoms with Crippen LogP contribution in [0.25, 0.3) is 0 Å². The van der Waals surface area contributed by atoms with Gasteiger partial charge in [0.1, 0.15) is 5.76 Å². The van der Waals surface area contributed by atoms with Crippen molar-refractivity contribution in [3.8, 4) is 0 Å². The van der Waals surface area contributed by atoms with Gasteiger partial charge in [-0.15, -0.1) is 0 Å². The van der Waals surface area contributed by atoms with Crippen molar-refractivity contribution in [3.63, 3.8) is 0 Å². The van der Waals surface area contributed by atoms with Gasteiger partial charge in [0.25, 0.3) is 10.0 Å². The van der Waals surface area contributed by atoms with E-state index < -0.39 is 10.0 Å². The number of nitrogens with one attached hydrogen (secondary N) is 2. The predicted octanol–water partition coefficient (Wildman–Crippen LogP) is 1.17. The quantitative estimate of drug-likeness (QED) is 0.789. The van der Waals surface area contributed by atoms with Crippen molar-refractivity contribution in [1.82, 2.24) is 10.0 Å². The van der Waals surface area contributed by atoms with Gasteiger partial charge in [0.05, 0.1) is 6.54 Å². The van der Waals surface area contributed by atoms with E-state index in [1.807, 2.05) is 6.26 Å². The van der Waals surface area contributed by atoms with Gasteiger partial charge in [-0.2, -0.15) is 11.8 Å². The lowest BCUT2D eigenvalue weighted by Crippen LogP contribution is -2.31. The van der Waals surface area contributed by atoms with Crippen LogP contribution in [0.15, 0.2) is 21.6 Å². The lowest BCUT2D eigenvalue weighted by atomic mass is 10.4. The van der Waals surface area contributed by atoms with E-state index in [-0.39, 0.29) is 9.84 Å². The second-order valence-corrected chi connectivity index (χ2v) is 7.43. The molecule has 2 N–H and O–H groups in total. The fourth-order valence-electron chi connectivity index (χ4n) is 1.66. The van der Waals surface area contributed by atoms with E-state index in [1.165, 1.54) is 6.07 Å². The number of thioether (sulfide) groups is 1. The number of hydrogen-bond donors (Lipinski definition) is 2. The average molecular weight is 290 g/mol. The molecule has 1 aromatic heterocycles. The molecule has 1 fully saturated rings. The lowest BCUT2D eigenvalue weighted by molar-refractivity contribution is 0.404. The third-order valence-electron chi connectivity index (χ3n) is 3.08. The van der Waals surface area contributed by atoms with Crippen LogP contribution >= 0.6 is 11.8 Å². The molecule has 1 heterocycles. The number of rotatable bonds is 7. The highest BCUT2D eigenvalue weighted by molar-refractivity contribution is 8.00. The molecular formula is C11H18N2O3S2. The molecule has 0 atom stereocenters. The molecule has 0 aromatic carbocycles.